The van der Waals surface area contributed by atoms with Crippen molar-refractivity contribution in [3.63, 3.8) is 0 Å². The Balaban J connectivity index is 1.44. The normalized spacial score (nSPS) is 14.7. The highest BCUT2D eigenvalue weighted by Gasteiger charge is 2.28. The van der Waals surface area contributed by atoms with Crippen molar-refractivity contribution in [3.05, 3.63) is 30.6 Å². The summed E-state index contributed by atoms with van der Waals surface area (Å²) in [5.41, 5.74) is 2.08. The summed E-state index contributed by atoms with van der Waals surface area (Å²) in [6.07, 6.45) is 3.07. The second-order valence-corrected chi connectivity index (χ2v) is 8.22. The number of hydrogen-bond donors (Lipinski definition) is 1. The van der Waals surface area contributed by atoms with Gasteiger partial charge in [0.05, 0.1) is 7.11 Å². The lowest BCUT2D eigenvalue weighted by Crippen LogP contribution is -2.43. The van der Waals surface area contributed by atoms with Crippen LogP contribution < -0.4 is 15.0 Å². The van der Waals surface area contributed by atoms with Crippen LogP contribution in [0.25, 0.3) is 22.4 Å². The van der Waals surface area contributed by atoms with Crippen LogP contribution in [0.4, 0.5) is 5.82 Å². The number of likely N-dealkylation sites (N-methyl/N-ethyl adjacent to an activating group) is 1. The SMILES string of the molecule is CCN(CC)CCNC(=O)C1CCN(c2ncnc3onc(-c4ccc(OC)cc4)c23)CC1. The summed E-state index contributed by atoms with van der Waals surface area (Å²) in [5.74, 6) is 1.75. The minimum Gasteiger partial charge on any atom is -0.497 e. The third-order valence-electron chi connectivity index (χ3n) is 6.40. The minimum atomic E-state index is 0.0267. The number of carbonyl (C=O) groups excluding carboxylic acids is 1. The number of amides is 1. The standard InChI is InChI=1S/C24H32N6O3/c1-4-29(5-2)15-12-25-23(31)18-10-13-30(14-11-18)22-20-21(28-33-24(20)27-16-26-22)17-6-8-19(32-3)9-7-17/h6-9,16,18H,4-5,10-15H2,1-3H3,(H,25,31). The van der Waals surface area contributed by atoms with Gasteiger partial charge in [0.1, 0.15) is 29.0 Å². The van der Waals surface area contributed by atoms with Gasteiger partial charge in [0, 0.05) is 37.7 Å². The topological polar surface area (TPSA) is 96.6 Å². The van der Waals surface area contributed by atoms with Crippen LogP contribution in [0.15, 0.2) is 35.1 Å². The molecule has 33 heavy (non-hydrogen) atoms. The van der Waals surface area contributed by atoms with E-state index >= 15 is 0 Å². The molecule has 1 N–H and O–H groups in total. The molecule has 3 aromatic rings. The fourth-order valence-electron chi connectivity index (χ4n) is 4.33. The molecule has 0 atom stereocenters. The summed E-state index contributed by atoms with van der Waals surface area (Å²) in [6.45, 7) is 9.35. The van der Waals surface area contributed by atoms with E-state index in [-0.39, 0.29) is 11.8 Å². The van der Waals surface area contributed by atoms with Gasteiger partial charge in [-0.2, -0.15) is 4.98 Å². The Hall–Kier alpha value is -3.20. The first-order valence-electron chi connectivity index (χ1n) is 11.6. The van der Waals surface area contributed by atoms with Crippen molar-refractivity contribution in [2.45, 2.75) is 26.7 Å². The molecule has 1 saturated heterocycles. The molecule has 0 unspecified atom stereocenters. The second-order valence-electron chi connectivity index (χ2n) is 8.22. The average molecular weight is 453 g/mol. The summed E-state index contributed by atoms with van der Waals surface area (Å²) >= 11 is 0. The van der Waals surface area contributed by atoms with Gasteiger partial charge in [-0.1, -0.05) is 19.0 Å². The van der Waals surface area contributed by atoms with Crippen molar-refractivity contribution in [2.24, 2.45) is 5.92 Å². The van der Waals surface area contributed by atoms with E-state index in [0.717, 1.165) is 68.1 Å². The number of ether oxygens (including phenoxy) is 1. The van der Waals surface area contributed by atoms with Gasteiger partial charge in [0.25, 0.3) is 5.71 Å². The van der Waals surface area contributed by atoms with Crippen LogP contribution in [0.3, 0.4) is 0 Å². The van der Waals surface area contributed by atoms with Crippen LogP contribution in [0.1, 0.15) is 26.7 Å². The molecule has 4 rings (SSSR count). The molecule has 1 aliphatic rings. The van der Waals surface area contributed by atoms with E-state index in [9.17, 15) is 4.79 Å². The van der Waals surface area contributed by atoms with Crippen LogP contribution in [-0.2, 0) is 4.79 Å². The van der Waals surface area contributed by atoms with Gasteiger partial charge in [-0.05, 0) is 50.2 Å². The molecule has 3 heterocycles. The molecule has 9 heteroatoms. The van der Waals surface area contributed by atoms with Gasteiger partial charge >= 0.3 is 0 Å². The van der Waals surface area contributed by atoms with Gasteiger partial charge in [-0.25, -0.2) is 4.98 Å². The number of carbonyl (C=O) groups is 1. The first-order valence-corrected chi connectivity index (χ1v) is 11.6. The van der Waals surface area contributed by atoms with E-state index in [1.54, 1.807) is 7.11 Å². The van der Waals surface area contributed by atoms with Crippen LogP contribution in [0, 0.1) is 5.92 Å². The Morgan fingerprint density at radius 3 is 2.58 bits per heavy atom. The molecule has 0 aliphatic carbocycles. The molecule has 1 aromatic carbocycles. The van der Waals surface area contributed by atoms with E-state index in [1.807, 2.05) is 24.3 Å². The van der Waals surface area contributed by atoms with Crippen molar-refractivity contribution in [3.8, 4) is 17.0 Å². The number of nitrogens with one attached hydrogen (secondary N) is 1. The molecule has 9 nitrogen and oxygen atoms in total. The molecular formula is C24H32N6O3. The molecule has 0 saturated carbocycles. The van der Waals surface area contributed by atoms with Gasteiger partial charge in [-0.3, -0.25) is 4.79 Å². The average Bonchev–Trinajstić information content (AvgIpc) is 3.31. The third kappa shape index (κ3) is 5.08. The van der Waals surface area contributed by atoms with Gasteiger partial charge in [-0.15, -0.1) is 0 Å². The fraction of sp³-hybridized carbons (Fsp3) is 0.500. The van der Waals surface area contributed by atoms with Crippen molar-refractivity contribution < 1.29 is 14.1 Å². The third-order valence-corrected chi connectivity index (χ3v) is 6.40. The minimum absolute atomic E-state index is 0.0267. The number of fused-ring (bicyclic) bond motifs is 1. The number of methoxy groups -OCH3 is 1. The second kappa shape index (κ2) is 10.6. The number of nitrogens with zero attached hydrogens (tertiary/aromatic N) is 5. The van der Waals surface area contributed by atoms with Crippen molar-refractivity contribution >= 4 is 22.8 Å². The number of rotatable bonds is 9. The summed E-state index contributed by atoms with van der Waals surface area (Å²) in [4.78, 5) is 26.0. The molecule has 0 bridgehead atoms. The molecule has 1 fully saturated rings. The largest absolute Gasteiger partial charge is 0.497 e. The lowest BCUT2D eigenvalue weighted by atomic mass is 9.95. The van der Waals surface area contributed by atoms with Gasteiger partial charge in [0.15, 0.2) is 0 Å². The van der Waals surface area contributed by atoms with Crippen molar-refractivity contribution in [1.29, 1.82) is 0 Å². The zero-order valence-electron chi connectivity index (χ0n) is 19.6. The van der Waals surface area contributed by atoms with Crippen LogP contribution >= 0.6 is 0 Å². The maximum atomic E-state index is 12.7. The van der Waals surface area contributed by atoms with Crippen molar-refractivity contribution in [2.75, 3.05) is 51.3 Å². The van der Waals surface area contributed by atoms with E-state index in [1.165, 1.54) is 6.33 Å². The quantitative estimate of drug-likeness (QED) is 0.529. The summed E-state index contributed by atoms with van der Waals surface area (Å²) in [6, 6.07) is 7.68. The van der Waals surface area contributed by atoms with Crippen LogP contribution in [0.2, 0.25) is 0 Å². The highest BCUT2D eigenvalue weighted by Crippen LogP contribution is 2.35. The maximum Gasteiger partial charge on any atom is 0.263 e. The predicted molar refractivity (Wildman–Crippen MR) is 127 cm³/mol. The van der Waals surface area contributed by atoms with Gasteiger partial charge in [0.2, 0.25) is 5.91 Å². The Morgan fingerprint density at radius 2 is 1.91 bits per heavy atom. The number of piperidine rings is 1. The summed E-state index contributed by atoms with van der Waals surface area (Å²) in [5, 5.41) is 8.18. The number of aromatic nitrogens is 3. The molecule has 1 aliphatic heterocycles. The summed E-state index contributed by atoms with van der Waals surface area (Å²) < 4.78 is 10.8. The highest BCUT2D eigenvalue weighted by molar-refractivity contribution is 5.98. The molecule has 0 spiro atoms. The van der Waals surface area contributed by atoms with Gasteiger partial charge < -0.3 is 24.4 Å². The Bertz CT molecular complexity index is 1060. The Kier molecular flexibility index (Phi) is 7.39. The zero-order chi connectivity index (χ0) is 23.2. The molecule has 176 valence electrons. The van der Waals surface area contributed by atoms with Crippen molar-refractivity contribution in [1.82, 2.24) is 25.3 Å². The monoisotopic (exact) mass is 452 g/mol. The Labute approximate surface area is 194 Å². The van der Waals surface area contributed by atoms with Crippen LogP contribution in [0.5, 0.6) is 5.75 Å². The number of hydrogen-bond acceptors (Lipinski definition) is 8. The van der Waals surface area contributed by atoms with E-state index in [0.29, 0.717) is 18.0 Å². The first kappa shape index (κ1) is 23.0. The van der Waals surface area contributed by atoms with E-state index in [4.69, 9.17) is 9.26 Å². The van der Waals surface area contributed by atoms with Crippen LogP contribution in [-0.4, -0.2) is 72.3 Å². The number of anilines is 1. The first-order chi connectivity index (χ1) is 16.1. The van der Waals surface area contributed by atoms with E-state index < -0.39 is 0 Å². The lowest BCUT2D eigenvalue weighted by molar-refractivity contribution is -0.125. The maximum absolute atomic E-state index is 12.7. The molecule has 2 aromatic heterocycles. The smallest absolute Gasteiger partial charge is 0.263 e. The zero-order valence-corrected chi connectivity index (χ0v) is 19.6. The summed E-state index contributed by atoms with van der Waals surface area (Å²) in [7, 11) is 1.64. The fourth-order valence-corrected chi connectivity index (χ4v) is 4.33. The molecular weight excluding hydrogens is 420 g/mol. The lowest BCUT2D eigenvalue weighted by Gasteiger charge is -2.32. The highest BCUT2D eigenvalue weighted by atomic mass is 16.5. The number of benzene rings is 1. The van der Waals surface area contributed by atoms with E-state index in [2.05, 4.69) is 44.1 Å². The predicted octanol–water partition coefficient (Wildman–Crippen LogP) is 2.97. The molecule has 0 radical (unpaired) electrons. The molecule has 1 amide bonds. The Morgan fingerprint density at radius 1 is 1.18 bits per heavy atom.